The number of amides is 2. The predicted octanol–water partition coefficient (Wildman–Crippen LogP) is 1.09. The smallest absolute Gasteiger partial charge is 0.251 e. The topological polar surface area (TPSA) is 92.4 Å². The van der Waals surface area contributed by atoms with Crippen LogP contribution in [0.2, 0.25) is 0 Å². The second-order valence-corrected chi connectivity index (χ2v) is 4.18. The van der Waals surface area contributed by atoms with Crippen molar-refractivity contribution in [2.75, 3.05) is 6.54 Å². The lowest BCUT2D eigenvalue weighted by atomic mass is 10.1. The van der Waals surface area contributed by atoms with E-state index < -0.39 is 0 Å². The summed E-state index contributed by atoms with van der Waals surface area (Å²) in [6.07, 6.45) is 1.70. The second kappa shape index (κ2) is 6.64. The maximum absolute atomic E-state index is 11.7. The maximum atomic E-state index is 11.7. The number of hydrogen-bond acceptors (Lipinski definition) is 3. The van der Waals surface area contributed by atoms with Gasteiger partial charge in [-0.05, 0) is 37.5 Å². The number of nitrogens with two attached hydrogens (primary N) is 1. The summed E-state index contributed by atoms with van der Waals surface area (Å²) in [5.41, 5.74) is 6.16. The monoisotopic (exact) mass is 250 g/mol. The highest BCUT2D eigenvalue weighted by atomic mass is 16.3. The van der Waals surface area contributed by atoms with Gasteiger partial charge in [0.25, 0.3) is 5.91 Å². The first-order valence-electron chi connectivity index (χ1n) is 5.87. The van der Waals surface area contributed by atoms with Gasteiger partial charge in [0.1, 0.15) is 5.75 Å². The molecule has 0 aromatic heterocycles. The van der Waals surface area contributed by atoms with Crippen LogP contribution in [0.4, 0.5) is 0 Å². The summed E-state index contributed by atoms with van der Waals surface area (Å²) in [5, 5.41) is 12.2. The molecule has 1 aromatic rings. The molecule has 0 unspecified atom stereocenters. The lowest BCUT2D eigenvalue weighted by molar-refractivity contribution is -0.118. The standard InChI is InChI=1S/C13H18N2O3/c1-9-5-6-10(8-11(9)16)13(18)15-7-3-2-4-12(14)17/h5-6,8,16H,2-4,7H2,1H3,(H2,14,17)(H,15,18). The van der Waals surface area contributed by atoms with Gasteiger partial charge in [0.05, 0.1) is 0 Å². The van der Waals surface area contributed by atoms with E-state index in [0.29, 0.717) is 31.4 Å². The van der Waals surface area contributed by atoms with Crippen molar-refractivity contribution in [3.63, 3.8) is 0 Å². The normalized spacial score (nSPS) is 10.1. The molecule has 5 heteroatoms. The molecule has 0 bridgehead atoms. The Hall–Kier alpha value is -2.04. The first-order chi connectivity index (χ1) is 8.50. The van der Waals surface area contributed by atoms with Crippen molar-refractivity contribution >= 4 is 11.8 Å². The molecular formula is C13H18N2O3. The van der Waals surface area contributed by atoms with E-state index in [-0.39, 0.29) is 17.6 Å². The van der Waals surface area contributed by atoms with Crippen LogP contribution < -0.4 is 11.1 Å². The van der Waals surface area contributed by atoms with E-state index in [2.05, 4.69) is 5.32 Å². The zero-order chi connectivity index (χ0) is 13.5. The summed E-state index contributed by atoms with van der Waals surface area (Å²) in [6.45, 7) is 2.25. The van der Waals surface area contributed by atoms with E-state index >= 15 is 0 Å². The Balaban J connectivity index is 2.36. The molecule has 0 atom stereocenters. The molecule has 0 spiro atoms. The SMILES string of the molecule is Cc1ccc(C(=O)NCCCCC(N)=O)cc1O. The zero-order valence-corrected chi connectivity index (χ0v) is 10.4. The lowest BCUT2D eigenvalue weighted by Crippen LogP contribution is -2.24. The van der Waals surface area contributed by atoms with Gasteiger partial charge in [-0.1, -0.05) is 6.07 Å². The number of phenols is 1. The van der Waals surface area contributed by atoms with Gasteiger partial charge in [0, 0.05) is 18.5 Å². The van der Waals surface area contributed by atoms with Crippen LogP contribution in [0.3, 0.4) is 0 Å². The van der Waals surface area contributed by atoms with Crippen LogP contribution in [-0.4, -0.2) is 23.5 Å². The number of aromatic hydroxyl groups is 1. The molecule has 0 fully saturated rings. The molecule has 2 amide bonds. The van der Waals surface area contributed by atoms with Gasteiger partial charge < -0.3 is 16.2 Å². The Morgan fingerprint density at radius 3 is 2.67 bits per heavy atom. The average Bonchev–Trinajstić information content (AvgIpc) is 2.31. The van der Waals surface area contributed by atoms with Crippen LogP contribution in [0.25, 0.3) is 0 Å². The molecule has 0 saturated heterocycles. The van der Waals surface area contributed by atoms with Gasteiger partial charge in [-0.2, -0.15) is 0 Å². The fourth-order valence-electron chi connectivity index (χ4n) is 1.48. The third kappa shape index (κ3) is 4.45. The average molecular weight is 250 g/mol. The first kappa shape index (κ1) is 14.0. The Bertz CT molecular complexity index is 444. The number of unbranched alkanes of at least 4 members (excludes halogenated alkanes) is 1. The Morgan fingerprint density at radius 2 is 2.06 bits per heavy atom. The third-order valence-electron chi connectivity index (χ3n) is 2.61. The Kier molecular flexibility index (Phi) is 5.17. The number of nitrogens with one attached hydrogen (secondary N) is 1. The lowest BCUT2D eigenvalue weighted by Gasteiger charge is -2.06. The number of hydrogen-bond donors (Lipinski definition) is 3. The fraction of sp³-hybridized carbons (Fsp3) is 0.385. The highest BCUT2D eigenvalue weighted by Crippen LogP contribution is 2.17. The molecule has 18 heavy (non-hydrogen) atoms. The van der Waals surface area contributed by atoms with E-state index in [4.69, 9.17) is 5.73 Å². The molecule has 4 N–H and O–H groups in total. The van der Waals surface area contributed by atoms with Crippen molar-refractivity contribution in [2.24, 2.45) is 5.73 Å². The molecule has 98 valence electrons. The first-order valence-corrected chi connectivity index (χ1v) is 5.87. The van der Waals surface area contributed by atoms with E-state index in [1.165, 1.54) is 6.07 Å². The molecular weight excluding hydrogens is 232 g/mol. The number of carbonyl (C=O) groups is 2. The quantitative estimate of drug-likeness (QED) is 0.660. The van der Waals surface area contributed by atoms with Gasteiger partial charge in [-0.15, -0.1) is 0 Å². The van der Waals surface area contributed by atoms with Gasteiger partial charge in [-0.3, -0.25) is 9.59 Å². The highest BCUT2D eigenvalue weighted by Gasteiger charge is 2.06. The molecule has 0 aliphatic rings. The summed E-state index contributed by atoms with van der Waals surface area (Å²) in [7, 11) is 0. The summed E-state index contributed by atoms with van der Waals surface area (Å²) in [5.74, 6) is -0.453. The van der Waals surface area contributed by atoms with Crippen LogP contribution in [0, 0.1) is 6.92 Å². The number of rotatable bonds is 6. The van der Waals surface area contributed by atoms with Crippen molar-refractivity contribution in [1.82, 2.24) is 5.32 Å². The van der Waals surface area contributed by atoms with E-state index in [0.717, 1.165) is 5.56 Å². The van der Waals surface area contributed by atoms with Crippen LogP contribution in [0.1, 0.15) is 35.2 Å². The molecule has 5 nitrogen and oxygen atoms in total. The Morgan fingerprint density at radius 1 is 1.33 bits per heavy atom. The number of aryl methyl sites for hydroxylation is 1. The van der Waals surface area contributed by atoms with Crippen LogP contribution >= 0.6 is 0 Å². The molecule has 1 rings (SSSR count). The van der Waals surface area contributed by atoms with Crippen molar-refractivity contribution in [3.05, 3.63) is 29.3 Å². The summed E-state index contributed by atoms with van der Waals surface area (Å²) < 4.78 is 0. The molecule has 0 aliphatic heterocycles. The van der Waals surface area contributed by atoms with Crippen LogP contribution in [-0.2, 0) is 4.79 Å². The van der Waals surface area contributed by atoms with Crippen LogP contribution in [0.15, 0.2) is 18.2 Å². The van der Waals surface area contributed by atoms with Gasteiger partial charge in [0.15, 0.2) is 0 Å². The number of carbonyl (C=O) groups excluding carboxylic acids is 2. The fourth-order valence-corrected chi connectivity index (χ4v) is 1.48. The van der Waals surface area contributed by atoms with E-state index in [1.807, 2.05) is 0 Å². The zero-order valence-electron chi connectivity index (χ0n) is 10.4. The molecule has 0 heterocycles. The highest BCUT2D eigenvalue weighted by molar-refractivity contribution is 5.94. The predicted molar refractivity (Wildman–Crippen MR) is 68.2 cm³/mol. The maximum Gasteiger partial charge on any atom is 0.251 e. The Labute approximate surface area is 106 Å². The molecule has 0 radical (unpaired) electrons. The van der Waals surface area contributed by atoms with Gasteiger partial charge in [0.2, 0.25) is 5.91 Å². The second-order valence-electron chi connectivity index (χ2n) is 4.18. The number of benzene rings is 1. The van der Waals surface area contributed by atoms with E-state index in [1.54, 1.807) is 19.1 Å². The summed E-state index contributed by atoms with van der Waals surface area (Å²) in [6, 6.07) is 4.79. The van der Waals surface area contributed by atoms with Crippen LogP contribution in [0.5, 0.6) is 5.75 Å². The third-order valence-corrected chi connectivity index (χ3v) is 2.61. The molecule has 1 aromatic carbocycles. The van der Waals surface area contributed by atoms with Crippen molar-refractivity contribution < 1.29 is 14.7 Å². The van der Waals surface area contributed by atoms with Crippen molar-refractivity contribution in [3.8, 4) is 5.75 Å². The van der Waals surface area contributed by atoms with Gasteiger partial charge >= 0.3 is 0 Å². The van der Waals surface area contributed by atoms with E-state index in [9.17, 15) is 14.7 Å². The number of phenolic OH excluding ortho intramolecular Hbond substituents is 1. The molecule has 0 saturated carbocycles. The van der Waals surface area contributed by atoms with Gasteiger partial charge in [-0.25, -0.2) is 0 Å². The summed E-state index contributed by atoms with van der Waals surface area (Å²) in [4.78, 5) is 22.2. The number of primary amides is 1. The molecule has 0 aliphatic carbocycles. The summed E-state index contributed by atoms with van der Waals surface area (Å²) >= 11 is 0. The minimum Gasteiger partial charge on any atom is -0.508 e. The largest absolute Gasteiger partial charge is 0.508 e. The van der Waals surface area contributed by atoms with Crippen molar-refractivity contribution in [2.45, 2.75) is 26.2 Å². The minimum absolute atomic E-state index is 0.108. The van der Waals surface area contributed by atoms with Crippen molar-refractivity contribution in [1.29, 1.82) is 0 Å². The minimum atomic E-state index is -0.329.